The van der Waals surface area contributed by atoms with Gasteiger partial charge in [-0.2, -0.15) is 0 Å². The van der Waals surface area contributed by atoms with E-state index in [1.54, 1.807) is 18.6 Å². The number of nitrogens with two attached hydrogens (primary N) is 1. The van der Waals surface area contributed by atoms with Crippen LogP contribution in [0.3, 0.4) is 0 Å². The van der Waals surface area contributed by atoms with Gasteiger partial charge in [0.1, 0.15) is 53.9 Å². The van der Waals surface area contributed by atoms with E-state index >= 15 is 0 Å². The van der Waals surface area contributed by atoms with Crippen LogP contribution in [-0.4, -0.2) is 116 Å². The fourth-order valence-corrected chi connectivity index (χ4v) is 20.8. The van der Waals surface area contributed by atoms with E-state index in [2.05, 4.69) is 84.3 Å². The standard InChI is InChI=1S/C29H30N2O4.C29H29NO6.C29H27NO6/c1-16(32)34-26-13-23-28-20(12-22-24(33)9-17(14-30)10-25(22)35-28)5-7-29(23,2)27(26)19-4-3-18-6-8-31-15-21(18)11-19;2*1-15(31)35-25-13-22-27-16(10-21-23(32)11-18(28(33)34)12-24(21)36-27)6-8-29(22,2)26(25)20-5-3-4-17-14-30-9-7-19(17)20/h3-8,11-12,15,17,23,26-28H,9-10,13-14,30H2,1-2H3;3-5,7,9-10,14,18,22,25-27H,6,8,11-13H2,1-2H3,(H,33,34);3-10,14,18,22,25-27H,11-13H2,1-2H3,(H,33,34)/t17?,23-,26?,27-,28+,29-;2*18?,22-,25?,26-,27+,29-/m000/s1. The molecular formula is C87H86N4O16. The van der Waals surface area contributed by atoms with Crippen LogP contribution < -0.4 is 5.73 Å². The molecule has 12 aliphatic rings. The van der Waals surface area contributed by atoms with E-state index in [1.807, 2.05) is 85.4 Å². The van der Waals surface area contributed by atoms with Crippen molar-refractivity contribution in [1.29, 1.82) is 0 Å². The summed E-state index contributed by atoms with van der Waals surface area (Å²) in [6.07, 6.45) is 28.8. The van der Waals surface area contributed by atoms with Crippen LogP contribution in [0, 0.1) is 51.8 Å². The van der Waals surface area contributed by atoms with Gasteiger partial charge in [-0.05, 0) is 142 Å². The van der Waals surface area contributed by atoms with Crippen molar-refractivity contribution in [2.45, 2.75) is 167 Å². The number of pyridine rings is 3. The van der Waals surface area contributed by atoms with Crippen molar-refractivity contribution in [3.8, 4) is 0 Å². The predicted octanol–water partition coefficient (Wildman–Crippen LogP) is 13.6. The van der Waals surface area contributed by atoms with E-state index in [4.69, 9.17) is 34.2 Å². The molecule has 3 aromatic carbocycles. The Morgan fingerprint density at radius 2 is 0.981 bits per heavy atom. The number of carbonyl (C=O) groups is 8. The first kappa shape index (κ1) is 70.8. The summed E-state index contributed by atoms with van der Waals surface area (Å²) in [4.78, 5) is 111. The molecule has 0 spiro atoms. The lowest BCUT2D eigenvalue weighted by Crippen LogP contribution is -2.44. The lowest BCUT2D eigenvalue weighted by atomic mass is 9.60. The second-order valence-corrected chi connectivity index (χ2v) is 32.0. The van der Waals surface area contributed by atoms with Crippen LogP contribution in [0.4, 0.5) is 0 Å². The highest BCUT2D eigenvalue weighted by Gasteiger charge is 2.63. The minimum atomic E-state index is -0.983. The van der Waals surface area contributed by atoms with Crippen LogP contribution in [0.5, 0.6) is 0 Å². The maximum Gasteiger partial charge on any atom is 0.307 e. The van der Waals surface area contributed by atoms with Gasteiger partial charge in [-0.3, -0.25) is 53.3 Å². The monoisotopic (exact) mass is 1440 g/mol. The molecule has 550 valence electrons. The first-order chi connectivity index (χ1) is 51.4. The van der Waals surface area contributed by atoms with Gasteiger partial charge in [0.2, 0.25) is 0 Å². The van der Waals surface area contributed by atoms with Crippen LogP contribution in [-0.2, 0) is 66.8 Å². The van der Waals surface area contributed by atoms with Gasteiger partial charge < -0.3 is 44.4 Å². The van der Waals surface area contributed by atoms with E-state index in [-0.39, 0.29) is 150 Å². The molecular weight excluding hydrogens is 1360 g/mol. The number of Topliss-reactive ketones (excluding diaryl/α,β-unsaturated/α-hetero) is 3. The van der Waals surface area contributed by atoms with Crippen molar-refractivity contribution in [3.05, 3.63) is 220 Å². The second kappa shape index (κ2) is 27.4. The lowest BCUT2D eigenvalue weighted by molar-refractivity contribution is -0.148. The molecule has 6 aromatic rings. The Morgan fingerprint density at radius 1 is 0.514 bits per heavy atom. The van der Waals surface area contributed by atoms with Crippen molar-refractivity contribution in [2.24, 2.45) is 57.5 Å². The van der Waals surface area contributed by atoms with Gasteiger partial charge in [-0.25, -0.2) is 0 Å². The zero-order valence-corrected chi connectivity index (χ0v) is 60.6. The molecule has 20 nitrogen and oxygen atoms in total. The SMILES string of the molecule is CC(=O)OC1C[C@H]2[C@@H]3OC4=C(C=C3C=C[C@]2(C)[C@H]1c1ccc2ccncc2c1)C(=O)CC(CN)C4.CC(=O)OC1C[C@H]2[C@@H]3OC4=C(C=C3C=C[C@]2(C)[C@H]1c1cccc2cnccc12)C(=O)CC(C(=O)O)C4.CC(=O)OC1C[C@H]2[C@@H]3OC4=C(C=C3CC[C@]2(C)[C@H]1c1cccc2cnccc12)C(=O)CC(C(=O)O)C4. The molecule has 107 heavy (non-hydrogen) atoms. The topological polar surface area (TPSA) is 297 Å². The van der Waals surface area contributed by atoms with Crippen molar-refractivity contribution in [2.75, 3.05) is 6.54 Å². The fourth-order valence-electron chi connectivity index (χ4n) is 20.8. The Hall–Kier alpha value is -10.5. The normalized spacial score (nSPS) is 33.2. The predicted molar refractivity (Wildman–Crippen MR) is 394 cm³/mol. The number of rotatable bonds is 9. The summed E-state index contributed by atoms with van der Waals surface area (Å²) in [5, 5.41) is 25.5. The maximum atomic E-state index is 12.8. The summed E-state index contributed by atoms with van der Waals surface area (Å²) < 4.78 is 37.4. The molecule has 0 bridgehead atoms. The van der Waals surface area contributed by atoms with Crippen LogP contribution in [0.25, 0.3) is 32.3 Å². The van der Waals surface area contributed by atoms with E-state index < -0.39 is 29.2 Å². The van der Waals surface area contributed by atoms with E-state index in [1.165, 1.54) is 20.8 Å². The van der Waals surface area contributed by atoms with Gasteiger partial charge in [0.15, 0.2) is 17.3 Å². The zero-order valence-electron chi connectivity index (χ0n) is 60.6. The van der Waals surface area contributed by atoms with Gasteiger partial charge in [0.25, 0.3) is 0 Å². The Labute approximate surface area is 618 Å². The quantitative estimate of drug-likeness (QED) is 0.0895. The minimum Gasteiger partial charge on any atom is -0.489 e. The number of ketones is 3. The van der Waals surface area contributed by atoms with Crippen LogP contribution in [0.1, 0.15) is 147 Å². The van der Waals surface area contributed by atoms with E-state index in [0.29, 0.717) is 66.9 Å². The highest BCUT2D eigenvalue weighted by atomic mass is 16.6. The minimum absolute atomic E-state index is 0.0105. The van der Waals surface area contributed by atoms with Crippen LogP contribution in [0.2, 0.25) is 0 Å². The third-order valence-electron chi connectivity index (χ3n) is 25.8. The number of hydrogen-bond donors (Lipinski definition) is 3. The van der Waals surface area contributed by atoms with E-state index in [0.717, 1.165) is 84.3 Å². The smallest absolute Gasteiger partial charge is 0.307 e. The first-order valence-electron chi connectivity index (χ1n) is 37.4. The number of allylic oxidation sites excluding steroid dienone is 11. The van der Waals surface area contributed by atoms with E-state index in [9.17, 15) is 48.6 Å². The van der Waals surface area contributed by atoms with Crippen molar-refractivity contribution < 1.29 is 77.0 Å². The van der Waals surface area contributed by atoms with Crippen LogP contribution in [0.15, 0.2) is 203 Å². The largest absolute Gasteiger partial charge is 0.489 e. The van der Waals surface area contributed by atoms with Gasteiger partial charge in [0.05, 0.1) is 28.6 Å². The summed E-state index contributed by atoms with van der Waals surface area (Å²) in [5.41, 5.74) is 13.1. The highest BCUT2D eigenvalue weighted by Crippen LogP contribution is 2.66. The van der Waals surface area contributed by atoms with Crippen molar-refractivity contribution >= 4 is 79.5 Å². The van der Waals surface area contributed by atoms with Gasteiger partial charge in [-0.15, -0.1) is 0 Å². The van der Waals surface area contributed by atoms with Gasteiger partial charge in [0, 0.05) is 159 Å². The van der Waals surface area contributed by atoms with Gasteiger partial charge in [-0.1, -0.05) is 93.6 Å². The number of carboxylic acid groups (broad SMARTS) is 2. The molecule has 4 fully saturated rings. The molecule has 20 heteroatoms. The average Bonchev–Trinajstić information content (AvgIpc) is 1.61. The maximum absolute atomic E-state index is 12.8. The number of hydrogen-bond acceptors (Lipinski definition) is 18. The molecule has 3 aliphatic heterocycles. The lowest BCUT2D eigenvalue weighted by Gasteiger charge is -2.48. The Kier molecular flexibility index (Phi) is 18.1. The number of fused-ring (bicyclic) bond motifs is 12. The summed E-state index contributed by atoms with van der Waals surface area (Å²) in [5.74, 6) is -2.82. The number of esters is 3. The molecule has 0 saturated heterocycles. The molecule has 3 aromatic heterocycles. The zero-order chi connectivity index (χ0) is 74.7. The summed E-state index contributed by atoms with van der Waals surface area (Å²) in [6, 6.07) is 24.8. The molecule has 18 rings (SSSR count). The second-order valence-electron chi connectivity index (χ2n) is 32.0. The number of ether oxygens (including phenoxy) is 6. The molecule has 4 N–H and O–H groups in total. The Bertz CT molecular complexity index is 5070. The number of aromatic nitrogens is 3. The molecule has 6 unspecified atom stereocenters. The van der Waals surface area contributed by atoms with Gasteiger partial charge >= 0.3 is 29.8 Å². The molecule has 9 aliphatic carbocycles. The number of nitrogens with zero attached hydrogens (tertiary/aromatic N) is 3. The molecule has 0 amide bonds. The molecule has 6 heterocycles. The third-order valence-corrected chi connectivity index (χ3v) is 25.8. The van der Waals surface area contributed by atoms with Crippen LogP contribution >= 0.6 is 0 Å². The van der Waals surface area contributed by atoms with Crippen molar-refractivity contribution in [3.63, 3.8) is 0 Å². The molecule has 0 radical (unpaired) electrons. The summed E-state index contributed by atoms with van der Waals surface area (Å²) in [6.45, 7) is 11.5. The highest BCUT2D eigenvalue weighted by molar-refractivity contribution is 6.03. The van der Waals surface area contributed by atoms with Crippen molar-refractivity contribution in [1.82, 2.24) is 15.0 Å². The average molecular weight is 1440 g/mol. The Morgan fingerprint density at radius 3 is 1.52 bits per heavy atom. The fraction of sp³-hybridized carbons (Fsp3) is 0.414. The number of benzene rings is 3. The number of carboxylic acids is 2. The summed E-state index contributed by atoms with van der Waals surface area (Å²) in [7, 11) is 0. The number of carbonyl (C=O) groups excluding carboxylic acids is 6. The first-order valence-corrected chi connectivity index (χ1v) is 37.4. The summed E-state index contributed by atoms with van der Waals surface area (Å²) >= 11 is 0. The molecule has 4 saturated carbocycles. The Balaban J connectivity index is 0.000000123. The number of aliphatic carboxylic acids is 2. The third kappa shape index (κ3) is 12.4. The molecule has 18 atom stereocenters.